The fourth-order valence-electron chi connectivity index (χ4n) is 2.00. The highest BCUT2D eigenvalue weighted by Gasteiger charge is 2.13. The zero-order chi connectivity index (χ0) is 16.7. The van der Waals surface area contributed by atoms with Crippen molar-refractivity contribution < 1.29 is 19.1 Å². The Labute approximate surface area is 143 Å². The molecule has 23 heavy (non-hydrogen) atoms. The molecule has 0 aromatic heterocycles. The number of ether oxygens (including phenoxy) is 2. The average molecular weight is 377 g/mol. The van der Waals surface area contributed by atoms with Gasteiger partial charge in [0.25, 0.3) is 0 Å². The number of benzene rings is 2. The first-order valence-electron chi connectivity index (χ1n) is 7.12. The lowest BCUT2D eigenvalue weighted by atomic mass is 10.1. The molecule has 0 fully saturated rings. The Bertz CT molecular complexity index is 683. The molecule has 0 saturated carbocycles. The standard InChI is InChI=1S/C18H17BrO4/c1-13(20)22-12-15-7-8-18(16(9-15)17(21)10-19)23-11-14-5-3-2-4-6-14/h2-9H,10-12H2,1H3. The zero-order valence-electron chi connectivity index (χ0n) is 12.8. The second-order valence-electron chi connectivity index (χ2n) is 4.94. The Kier molecular flexibility index (Phi) is 6.35. The minimum absolute atomic E-state index is 0.0854. The van der Waals surface area contributed by atoms with Crippen molar-refractivity contribution in [2.24, 2.45) is 0 Å². The third kappa shape index (κ3) is 5.21. The topological polar surface area (TPSA) is 52.6 Å². The molecule has 2 rings (SSSR count). The van der Waals surface area contributed by atoms with Gasteiger partial charge >= 0.3 is 5.97 Å². The van der Waals surface area contributed by atoms with Crippen LogP contribution in [0.2, 0.25) is 0 Å². The van der Waals surface area contributed by atoms with Gasteiger partial charge in [-0.05, 0) is 23.3 Å². The average Bonchev–Trinajstić information content (AvgIpc) is 2.58. The van der Waals surface area contributed by atoms with E-state index in [1.165, 1.54) is 6.92 Å². The van der Waals surface area contributed by atoms with Crippen LogP contribution in [-0.4, -0.2) is 17.1 Å². The van der Waals surface area contributed by atoms with Crippen LogP contribution < -0.4 is 4.74 Å². The summed E-state index contributed by atoms with van der Waals surface area (Å²) in [5.41, 5.74) is 2.24. The molecule has 2 aromatic carbocycles. The van der Waals surface area contributed by atoms with Crippen molar-refractivity contribution in [3.05, 3.63) is 65.2 Å². The van der Waals surface area contributed by atoms with Crippen LogP contribution in [0.25, 0.3) is 0 Å². The third-order valence-electron chi connectivity index (χ3n) is 3.15. The highest BCUT2D eigenvalue weighted by Crippen LogP contribution is 2.23. The number of hydrogen-bond donors (Lipinski definition) is 0. The molecule has 0 radical (unpaired) electrons. The smallest absolute Gasteiger partial charge is 0.302 e. The number of carbonyl (C=O) groups excluding carboxylic acids is 2. The van der Waals surface area contributed by atoms with E-state index in [0.717, 1.165) is 11.1 Å². The maximum Gasteiger partial charge on any atom is 0.302 e. The minimum atomic E-state index is -0.359. The van der Waals surface area contributed by atoms with Crippen LogP contribution in [0.4, 0.5) is 0 Å². The van der Waals surface area contributed by atoms with Gasteiger partial charge in [0.05, 0.1) is 10.9 Å². The number of alkyl halides is 1. The largest absolute Gasteiger partial charge is 0.488 e. The van der Waals surface area contributed by atoms with Gasteiger partial charge < -0.3 is 9.47 Å². The van der Waals surface area contributed by atoms with Crippen LogP contribution >= 0.6 is 15.9 Å². The van der Waals surface area contributed by atoms with E-state index in [4.69, 9.17) is 9.47 Å². The number of rotatable bonds is 7. The van der Waals surface area contributed by atoms with Gasteiger partial charge in [0.1, 0.15) is 19.0 Å². The number of ketones is 1. The normalized spacial score (nSPS) is 10.2. The van der Waals surface area contributed by atoms with Crippen LogP contribution in [0.15, 0.2) is 48.5 Å². The van der Waals surface area contributed by atoms with Crippen molar-refractivity contribution in [1.29, 1.82) is 0 Å². The molecule has 0 bridgehead atoms. The van der Waals surface area contributed by atoms with E-state index in [-0.39, 0.29) is 23.7 Å². The Morgan fingerprint density at radius 2 is 1.74 bits per heavy atom. The third-order valence-corrected chi connectivity index (χ3v) is 3.65. The molecule has 0 atom stereocenters. The van der Waals surface area contributed by atoms with Gasteiger partial charge in [-0.15, -0.1) is 0 Å². The number of hydrogen-bond acceptors (Lipinski definition) is 4. The molecule has 0 aliphatic carbocycles. The summed E-state index contributed by atoms with van der Waals surface area (Å²) in [6, 6.07) is 14.9. The van der Waals surface area contributed by atoms with E-state index in [2.05, 4.69) is 15.9 Å². The Balaban J connectivity index is 2.17. The van der Waals surface area contributed by atoms with E-state index in [0.29, 0.717) is 17.9 Å². The van der Waals surface area contributed by atoms with E-state index >= 15 is 0 Å². The predicted octanol–water partition coefficient (Wildman–Crippen LogP) is 3.91. The van der Waals surface area contributed by atoms with E-state index < -0.39 is 0 Å². The lowest BCUT2D eigenvalue weighted by Gasteiger charge is -2.12. The van der Waals surface area contributed by atoms with Crippen LogP contribution in [0.3, 0.4) is 0 Å². The Morgan fingerprint density at radius 3 is 2.39 bits per heavy atom. The van der Waals surface area contributed by atoms with Crippen molar-refractivity contribution in [2.75, 3.05) is 5.33 Å². The van der Waals surface area contributed by atoms with Gasteiger partial charge in [0.15, 0.2) is 5.78 Å². The monoisotopic (exact) mass is 376 g/mol. The summed E-state index contributed by atoms with van der Waals surface area (Å²) >= 11 is 3.18. The van der Waals surface area contributed by atoms with Crippen molar-refractivity contribution in [1.82, 2.24) is 0 Å². The zero-order valence-corrected chi connectivity index (χ0v) is 14.3. The molecule has 0 N–H and O–H groups in total. The molecular formula is C18H17BrO4. The van der Waals surface area contributed by atoms with Crippen molar-refractivity contribution in [2.45, 2.75) is 20.1 Å². The fraction of sp³-hybridized carbons (Fsp3) is 0.222. The number of halogens is 1. The van der Waals surface area contributed by atoms with Gasteiger partial charge in [0, 0.05) is 6.92 Å². The Hall–Kier alpha value is -2.14. The molecule has 0 aliphatic rings. The first-order chi connectivity index (χ1) is 11.1. The van der Waals surface area contributed by atoms with Crippen molar-refractivity contribution in [3.63, 3.8) is 0 Å². The highest BCUT2D eigenvalue weighted by molar-refractivity contribution is 9.09. The minimum Gasteiger partial charge on any atom is -0.488 e. The summed E-state index contributed by atoms with van der Waals surface area (Å²) in [7, 11) is 0. The van der Waals surface area contributed by atoms with Crippen LogP contribution in [0.5, 0.6) is 5.75 Å². The van der Waals surface area contributed by atoms with E-state index in [1.54, 1.807) is 18.2 Å². The molecule has 0 heterocycles. The van der Waals surface area contributed by atoms with Gasteiger partial charge in [-0.1, -0.05) is 52.3 Å². The molecule has 4 nitrogen and oxygen atoms in total. The van der Waals surface area contributed by atoms with Gasteiger partial charge in [-0.2, -0.15) is 0 Å². The number of Topliss-reactive ketones (excluding diaryl/α,β-unsaturated/α-hetero) is 1. The second-order valence-corrected chi connectivity index (χ2v) is 5.50. The van der Waals surface area contributed by atoms with Gasteiger partial charge in [-0.3, -0.25) is 9.59 Å². The predicted molar refractivity (Wildman–Crippen MR) is 90.8 cm³/mol. The quantitative estimate of drug-likeness (QED) is 0.417. The Morgan fingerprint density at radius 1 is 1.00 bits per heavy atom. The first kappa shape index (κ1) is 17.2. The SMILES string of the molecule is CC(=O)OCc1ccc(OCc2ccccc2)c(C(=O)CBr)c1. The van der Waals surface area contributed by atoms with Gasteiger partial charge in [-0.25, -0.2) is 0 Å². The second kappa shape index (κ2) is 8.48. The molecule has 0 unspecified atom stereocenters. The lowest BCUT2D eigenvalue weighted by Crippen LogP contribution is -2.07. The summed E-state index contributed by atoms with van der Waals surface area (Å²) in [6.07, 6.45) is 0. The molecule has 0 saturated heterocycles. The highest BCUT2D eigenvalue weighted by atomic mass is 79.9. The summed E-state index contributed by atoms with van der Waals surface area (Å²) in [5.74, 6) is 0.0744. The summed E-state index contributed by atoms with van der Waals surface area (Å²) < 4.78 is 10.7. The molecule has 0 spiro atoms. The number of carbonyl (C=O) groups is 2. The first-order valence-corrected chi connectivity index (χ1v) is 8.24. The molecule has 2 aromatic rings. The van der Waals surface area contributed by atoms with Crippen molar-refractivity contribution in [3.8, 4) is 5.75 Å². The van der Waals surface area contributed by atoms with Crippen LogP contribution in [-0.2, 0) is 22.7 Å². The summed E-state index contributed by atoms with van der Waals surface area (Å²) in [4.78, 5) is 23.0. The fourth-order valence-corrected chi connectivity index (χ4v) is 2.31. The van der Waals surface area contributed by atoms with E-state index in [1.807, 2.05) is 30.3 Å². The van der Waals surface area contributed by atoms with Gasteiger partial charge in [0.2, 0.25) is 0 Å². The molecular weight excluding hydrogens is 360 g/mol. The van der Waals surface area contributed by atoms with Crippen LogP contribution in [0.1, 0.15) is 28.4 Å². The lowest BCUT2D eigenvalue weighted by molar-refractivity contribution is -0.142. The molecule has 0 aliphatic heterocycles. The summed E-state index contributed by atoms with van der Waals surface area (Å²) in [5, 5.41) is 0.200. The number of esters is 1. The maximum atomic E-state index is 12.1. The molecule has 5 heteroatoms. The maximum absolute atomic E-state index is 12.1. The molecule has 120 valence electrons. The van der Waals surface area contributed by atoms with Crippen LogP contribution in [0, 0.1) is 0 Å². The van der Waals surface area contributed by atoms with Crippen molar-refractivity contribution >= 4 is 27.7 Å². The van der Waals surface area contributed by atoms with E-state index in [9.17, 15) is 9.59 Å². The summed E-state index contributed by atoms with van der Waals surface area (Å²) in [6.45, 7) is 1.87. The molecule has 0 amide bonds.